The van der Waals surface area contributed by atoms with Gasteiger partial charge >= 0.3 is 12.1 Å². The van der Waals surface area contributed by atoms with Crippen LogP contribution in [-0.4, -0.2) is 26.9 Å². The summed E-state index contributed by atoms with van der Waals surface area (Å²) in [6.07, 6.45) is -4.19. The first-order valence-corrected chi connectivity index (χ1v) is 9.94. The molecule has 0 bridgehead atoms. The summed E-state index contributed by atoms with van der Waals surface area (Å²) in [6, 6.07) is 9.20. The third-order valence-electron chi connectivity index (χ3n) is 5.58. The summed E-state index contributed by atoms with van der Waals surface area (Å²) >= 11 is 6.28. The zero-order chi connectivity index (χ0) is 24.7. The van der Waals surface area contributed by atoms with Crippen LogP contribution >= 0.6 is 11.6 Å². The highest BCUT2D eigenvalue weighted by Crippen LogP contribution is 2.49. The molecule has 0 amide bonds. The Morgan fingerprint density at radius 1 is 1.06 bits per heavy atom. The number of pyridine rings is 1. The van der Waals surface area contributed by atoms with Crippen molar-refractivity contribution in [2.75, 3.05) is 0 Å². The lowest BCUT2D eigenvalue weighted by Gasteiger charge is -2.37. The van der Waals surface area contributed by atoms with Crippen LogP contribution in [0.4, 0.5) is 17.6 Å². The van der Waals surface area contributed by atoms with Crippen LogP contribution in [0.3, 0.4) is 0 Å². The maximum atomic E-state index is 14.1. The molecule has 2 atom stereocenters. The van der Waals surface area contributed by atoms with Crippen molar-refractivity contribution in [1.29, 1.82) is 0 Å². The molecular formula is C23H18ClF4NO4. The maximum absolute atomic E-state index is 14.1. The number of hydrogen-bond donors (Lipinski definition) is 2. The van der Waals surface area contributed by atoms with Gasteiger partial charge in [0.15, 0.2) is 5.60 Å². The Hall–Kier alpha value is -3.17. The predicted octanol–water partition coefficient (Wildman–Crippen LogP) is 5.10. The fraction of sp³-hybridized carbons (Fsp3) is 0.217. The number of aliphatic hydroxyl groups is 1. The van der Waals surface area contributed by atoms with Gasteiger partial charge in [-0.1, -0.05) is 36.7 Å². The Labute approximate surface area is 190 Å². The number of carboxylic acids is 1. The molecule has 174 valence electrons. The molecule has 0 unspecified atom stereocenters. The van der Waals surface area contributed by atoms with E-state index in [1.54, 1.807) is 0 Å². The van der Waals surface area contributed by atoms with Gasteiger partial charge in [-0.25, -0.2) is 9.18 Å². The summed E-state index contributed by atoms with van der Waals surface area (Å²) in [4.78, 5) is 22.8. The average Bonchev–Trinajstić information content (AvgIpc) is 2.73. The lowest BCUT2D eigenvalue weighted by Crippen LogP contribution is -2.47. The number of aryl methyl sites for hydroxylation is 1. The van der Waals surface area contributed by atoms with Gasteiger partial charge in [0, 0.05) is 35.8 Å². The number of alkyl halides is 3. The molecule has 0 saturated carbocycles. The molecule has 0 fully saturated rings. The summed E-state index contributed by atoms with van der Waals surface area (Å²) in [6.45, 7) is 1.15. The molecule has 33 heavy (non-hydrogen) atoms. The van der Waals surface area contributed by atoms with Gasteiger partial charge in [-0.05, 0) is 41.0 Å². The summed E-state index contributed by atoms with van der Waals surface area (Å²) in [5, 5.41) is 19.9. The second-order valence-corrected chi connectivity index (χ2v) is 8.00. The second kappa shape index (κ2) is 8.64. The van der Waals surface area contributed by atoms with Gasteiger partial charge in [-0.2, -0.15) is 13.2 Å². The highest BCUT2D eigenvalue weighted by atomic mass is 35.5. The second-order valence-electron chi connectivity index (χ2n) is 7.59. The van der Waals surface area contributed by atoms with Crippen molar-refractivity contribution in [3.05, 3.63) is 92.6 Å². The van der Waals surface area contributed by atoms with Crippen molar-refractivity contribution < 1.29 is 32.6 Å². The molecule has 2 N–H and O–H groups in total. The van der Waals surface area contributed by atoms with Crippen LogP contribution in [0.5, 0.6) is 0 Å². The molecule has 3 rings (SSSR count). The van der Waals surface area contributed by atoms with Gasteiger partial charge in [0.2, 0.25) is 5.56 Å². The van der Waals surface area contributed by atoms with E-state index in [9.17, 15) is 32.3 Å². The Balaban J connectivity index is 2.10. The minimum atomic E-state index is -5.11. The highest BCUT2D eigenvalue weighted by Gasteiger charge is 2.59. The Kier molecular flexibility index (Phi) is 6.41. The topological polar surface area (TPSA) is 79.5 Å². The number of halogens is 5. The molecule has 1 heterocycles. The van der Waals surface area contributed by atoms with Gasteiger partial charge < -0.3 is 14.8 Å². The number of carboxylic acid groups (broad SMARTS) is 1. The minimum absolute atomic E-state index is 0.0327. The normalized spacial score (nSPS) is 14.5. The van der Waals surface area contributed by atoms with Gasteiger partial charge in [0.1, 0.15) is 5.82 Å². The quantitative estimate of drug-likeness (QED) is 0.495. The summed E-state index contributed by atoms with van der Waals surface area (Å²) < 4.78 is 57.0. The monoisotopic (exact) mass is 483 g/mol. The van der Waals surface area contributed by atoms with Crippen molar-refractivity contribution in [2.45, 2.75) is 24.6 Å². The first-order chi connectivity index (χ1) is 15.3. The van der Waals surface area contributed by atoms with Crippen molar-refractivity contribution in [3.63, 3.8) is 0 Å². The number of aromatic carboxylic acids is 1. The molecule has 0 saturated heterocycles. The van der Waals surface area contributed by atoms with Crippen LogP contribution in [0.1, 0.15) is 34.3 Å². The van der Waals surface area contributed by atoms with Crippen LogP contribution < -0.4 is 5.56 Å². The van der Waals surface area contributed by atoms with Gasteiger partial charge in [0.05, 0.1) is 5.56 Å². The van der Waals surface area contributed by atoms with E-state index in [1.807, 2.05) is 0 Å². The number of rotatable bonds is 5. The molecule has 2 aromatic carbocycles. The molecule has 0 aliphatic carbocycles. The van der Waals surface area contributed by atoms with Crippen molar-refractivity contribution >= 4 is 17.6 Å². The minimum Gasteiger partial charge on any atom is -0.478 e. The summed E-state index contributed by atoms with van der Waals surface area (Å²) in [5.41, 5.74) is -4.41. The van der Waals surface area contributed by atoms with E-state index in [0.717, 1.165) is 42.0 Å². The number of benzene rings is 2. The third-order valence-corrected chi connectivity index (χ3v) is 5.91. The molecule has 0 radical (unpaired) electrons. The fourth-order valence-electron chi connectivity index (χ4n) is 3.63. The molecule has 10 heteroatoms. The molecule has 3 aromatic rings. The smallest absolute Gasteiger partial charge is 0.422 e. The first-order valence-electron chi connectivity index (χ1n) is 9.56. The zero-order valence-electron chi connectivity index (χ0n) is 17.3. The summed E-state index contributed by atoms with van der Waals surface area (Å²) in [7, 11) is 1.27. The van der Waals surface area contributed by atoms with Gasteiger partial charge in [-0.3, -0.25) is 4.79 Å². The largest absolute Gasteiger partial charge is 0.478 e. The number of carbonyl (C=O) groups is 1. The fourth-order valence-corrected chi connectivity index (χ4v) is 3.97. The number of aromatic nitrogens is 1. The van der Waals surface area contributed by atoms with Gasteiger partial charge in [0.25, 0.3) is 0 Å². The average molecular weight is 484 g/mol. The summed E-state index contributed by atoms with van der Waals surface area (Å²) in [5.74, 6) is -3.99. The lowest BCUT2D eigenvalue weighted by molar-refractivity contribution is -0.274. The van der Waals surface area contributed by atoms with Gasteiger partial charge in [-0.15, -0.1) is 0 Å². The third kappa shape index (κ3) is 4.38. The molecule has 5 nitrogen and oxygen atoms in total. The van der Waals surface area contributed by atoms with E-state index >= 15 is 0 Å². The molecule has 0 aliphatic rings. The van der Waals surface area contributed by atoms with Crippen LogP contribution in [0.15, 0.2) is 59.5 Å². The van der Waals surface area contributed by atoms with E-state index in [4.69, 9.17) is 16.7 Å². The van der Waals surface area contributed by atoms with E-state index in [1.165, 1.54) is 31.3 Å². The number of nitrogens with zero attached hydrogens (tertiary/aromatic N) is 1. The maximum Gasteiger partial charge on any atom is 0.422 e. The van der Waals surface area contributed by atoms with E-state index in [0.29, 0.717) is 11.1 Å². The number of hydrogen-bond acceptors (Lipinski definition) is 3. The van der Waals surface area contributed by atoms with Crippen LogP contribution in [0.25, 0.3) is 11.1 Å². The highest BCUT2D eigenvalue weighted by molar-refractivity contribution is 6.31. The Morgan fingerprint density at radius 3 is 2.21 bits per heavy atom. The SMILES string of the molecule is C[C@H](c1ccc(-c2ccc(F)c(C(=O)O)c2)cc1Cl)[C@@](O)(c1ccc(=O)n(C)c1)C(F)(F)F. The van der Waals surface area contributed by atoms with Crippen molar-refractivity contribution in [1.82, 2.24) is 4.57 Å². The van der Waals surface area contributed by atoms with E-state index < -0.39 is 46.2 Å². The van der Waals surface area contributed by atoms with Crippen LogP contribution in [0, 0.1) is 5.82 Å². The molecule has 1 aromatic heterocycles. The molecular weight excluding hydrogens is 466 g/mol. The first kappa shape index (κ1) is 24.5. The predicted molar refractivity (Wildman–Crippen MR) is 114 cm³/mol. The lowest BCUT2D eigenvalue weighted by atomic mass is 9.78. The van der Waals surface area contributed by atoms with Crippen molar-refractivity contribution in [2.24, 2.45) is 7.05 Å². The van der Waals surface area contributed by atoms with Crippen molar-refractivity contribution in [3.8, 4) is 11.1 Å². The Bertz CT molecular complexity index is 1290. The Morgan fingerprint density at radius 2 is 1.67 bits per heavy atom. The molecule has 0 aliphatic heterocycles. The zero-order valence-corrected chi connectivity index (χ0v) is 18.1. The van der Waals surface area contributed by atoms with E-state index in [2.05, 4.69) is 0 Å². The molecule has 0 spiro atoms. The van der Waals surface area contributed by atoms with E-state index in [-0.39, 0.29) is 10.6 Å². The van der Waals surface area contributed by atoms with Crippen LogP contribution in [-0.2, 0) is 12.6 Å². The standard InChI is InChI=1S/C23H18ClF4NO4/c1-12(22(33,23(26,27)28)15-5-8-20(30)29(2)11-15)16-6-3-14(10-18(16)24)13-4-7-19(25)17(9-13)21(31)32/h3-12,33H,1-2H3,(H,31,32)/t12-,22-/m1/s1. The van der Waals surface area contributed by atoms with Crippen LogP contribution in [0.2, 0.25) is 5.02 Å².